The fourth-order valence-electron chi connectivity index (χ4n) is 2.60. The molecular weight excluding hydrogens is 306 g/mol. The van der Waals surface area contributed by atoms with Crippen molar-refractivity contribution in [1.82, 2.24) is 15.8 Å². The Morgan fingerprint density at radius 2 is 2.04 bits per heavy atom. The maximum Gasteiger partial charge on any atom is 0.271 e. The maximum atomic E-state index is 13.0. The molecule has 0 aliphatic carbocycles. The molecule has 1 heterocycles. The number of amides is 1. The molecule has 24 heavy (non-hydrogen) atoms. The molecule has 0 aromatic heterocycles. The molecule has 6 nitrogen and oxygen atoms in total. The van der Waals surface area contributed by atoms with Gasteiger partial charge in [0.15, 0.2) is 5.94 Å². The molecule has 0 saturated carbocycles. The average Bonchev–Trinajstić information content (AvgIpc) is 2.61. The van der Waals surface area contributed by atoms with Gasteiger partial charge >= 0.3 is 0 Å². The van der Waals surface area contributed by atoms with Crippen LogP contribution < -0.4 is 10.7 Å². The number of aliphatic hydroxyl groups excluding tert-OH is 1. The van der Waals surface area contributed by atoms with E-state index in [1.54, 1.807) is 6.20 Å². The minimum absolute atomic E-state index is 0.0882. The van der Waals surface area contributed by atoms with Gasteiger partial charge < -0.3 is 10.4 Å². The zero-order valence-electron chi connectivity index (χ0n) is 13.8. The number of carbonyl (C=O) groups is 1. The van der Waals surface area contributed by atoms with Gasteiger partial charge in [0, 0.05) is 18.3 Å². The molecule has 126 valence electrons. The summed E-state index contributed by atoms with van der Waals surface area (Å²) in [6, 6.07) is 9.41. The molecule has 0 atom stereocenters. The summed E-state index contributed by atoms with van der Waals surface area (Å²) in [5.41, 5.74) is 5.59. The average molecular weight is 327 g/mol. The minimum Gasteiger partial charge on any atom is -0.394 e. The smallest absolute Gasteiger partial charge is 0.271 e. The fourth-order valence-corrected chi connectivity index (χ4v) is 2.60. The Labute approximate surface area is 141 Å². The first-order valence-electron chi connectivity index (χ1n) is 7.79. The van der Waals surface area contributed by atoms with Gasteiger partial charge in [-0.25, -0.2) is 10.2 Å². The third-order valence-corrected chi connectivity index (χ3v) is 3.62. The van der Waals surface area contributed by atoms with Gasteiger partial charge in [0.2, 0.25) is 0 Å². The number of hydrazine groups is 1. The van der Waals surface area contributed by atoms with Crippen LogP contribution in [0.1, 0.15) is 19.4 Å². The molecule has 0 spiro atoms. The van der Waals surface area contributed by atoms with E-state index in [0.717, 1.165) is 11.1 Å². The Kier molecular flexibility index (Phi) is 6.09. The van der Waals surface area contributed by atoms with Crippen LogP contribution in [0.4, 0.5) is 0 Å². The molecule has 0 bridgehead atoms. The van der Waals surface area contributed by atoms with Crippen LogP contribution in [-0.4, -0.2) is 41.7 Å². The summed E-state index contributed by atoms with van der Waals surface area (Å²) in [6.07, 6.45) is 1.68. The Morgan fingerprint density at radius 1 is 1.33 bits per heavy atom. The van der Waals surface area contributed by atoms with Crippen molar-refractivity contribution in [3.63, 3.8) is 0 Å². The van der Waals surface area contributed by atoms with E-state index < -0.39 is 0 Å². The van der Waals surface area contributed by atoms with E-state index >= 15 is 0 Å². The summed E-state index contributed by atoms with van der Waals surface area (Å²) < 4.78 is 0. The number of dihydropyridines is 1. The van der Waals surface area contributed by atoms with Crippen molar-refractivity contribution in [2.45, 2.75) is 13.8 Å². The first-order chi connectivity index (χ1) is 11.6. The lowest BCUT2D eigenvalue weighted by atomic mass is 9.90. The summed E-state index contributed by atoms with van der Waals surface area (Å²) in [5, 5.41) is 13.3. The quantitative estimate of drug-likeness (QED) is 0.537. The number of aliphatic hydroxyl groups is 1. The Bertz CT molecular complexity index is 710. The van der Waals surface area contributed by atoms with Gasteiger partial charge in [-0.3, -0.25) is 9.80 Å². The highest BCUT2D eigenvalue weighted by atomic mass is 16.3. The van der Waals surface area contributed by atoms with Crippen LogP contribution in [0.2, 0.25) is 0 Å². The number of allylic oxidation sites excluding steroid dienone is 2. The number of nitrogens with zero attached hydrogens (tertiary/aromatic N) is 1. The summed E-state index contributed by atoms with van der Waals surface area (Å²) >= 11 is 0. The zero-order chi connectivity index (χ0) is 17.5. The third-order valence-electron chi connectivity index (χ3n) is 3.62. The maximum absolute atomic E-state index is 13.0. The SMILES string of the molecule is CCNN(CCO)C(=O)C1=C(c2ccccc2)C(C)=CNC1=C=O. The molecule has 0 saturated heterocycles. The first-order valence-corrected chi connectivity index (χ1v) is 7.79. The summed E-state index contributed by atoms with van der Waals surface area (Å²) in [5.74, 6) is 1.42. The van der Waals surface area contributed by atoms with Crippen molar-refractivity contribution in [3.05, 3.63) is 58.9 Å². The molecule has 1 aromatic rings. The van der Waals surface area contributed by atoms with Gasteiger partial charge in [-0.05, 0) is 18.1 Å². The van der Waals surface area contributed by atoms with Crippen LogP contribution in [0, 0.1) is 0 Å². The number of rotatable bonds is 6. The third kappa shape index (κ3) is 3.63. The molecule has 1 amide bonds. The highest BCUT2D eigenvalue weighted by Crippen LogP contribution is 2.32. The molecule has 0 radical (unpaired) electrons. The molecule has 3 N–H and O–H groups in total. The molecule has 1 aliphatic rings. The van der Waals surface area contributed by atoms with Gasteiger partial charge in [0.1, 0.15) is 5.70 Å². The summed E-state index contributed by atoms with van der Waals surface area (Å²) in [4.78, 5) is 24.4. The van der Waals surface area contributed by atoms with E-state index in [-0.39, 0.29) is 30.3 Å². The van der Waals surface area contributed by atoms with Crippen molar-refractivity contribution in [2.75, 3.05) is 19.7 Å². The van der Waals surface area contributed by atoms with Crippen molar-refractivity contribution in [1.29, 1.82) is 0 Å². The number of benzene rings is 1. The van der Waals surface area contributed by atoms with Crippen LogP contribution in [0.15, 0.2) is 53.4 Å². The monoisotopic (exact) mass is 327 g/mol. The van der Waals surface area contributed by atoms with Crippen molar-refractivity contribution < 1.29 is 14.7 Å². The minimum atomic E-state index is -0.386. The number of hydrogen-bond acceptors (Lipinski definition) is 5. The van der Waals surface area contributed by atoms with Gasteiger partial charge in [-0.1, -0.05) is 37.3 Å². The lowest BCUT2D eigenvalue weighted by Crippen LogP contribution is -2.46. The molecule has 6 heteroatoms. The highest BCUT2D eigenvalue weighted by Gasteiger charge is 2.29. The molecule has 0 fully saturated rings. The summed E-state index contributed by atoms with van der Waals surface area (Å²) in [6.45, 7) is 4.17. The van der Waals surface area contributed by atoms with Gasteiger partial charge in [-0.15, -0.1) is 0 Å². The van der Waals surface area contributed by atoms with Crippen LogP contribution in [0.5, 0.6) is 0 Å². The predicted octanol–water partition coefficient (Wildman–Crippen LogP) is 1.01. The normalized spacial score (nSPS) is 14.0. The van der Waals surface area contributed by atoms with E-state index in [9.17, 15) is 14.7 Å². The predicted molar refractivity (Wildman–Crippen MR) is 91.9 cm³/mol. The second-order valence-corrected chi connectivity index (χ2v) is 5.26. The standard InChI is InChI=1S/C18H21N3O3/c1-3-20-21(9-10-22)18(24)17-15(12-23)19-11-13(2)16(17)14-7-5-4-6-8-14/h4-8,11,19-20,22H,3,9-10H2,1-2H3. The largest absolute Gasteiger partial charge is 0.394 e. The van der Waals surface area contributed by atoms with Crippen molar-refractivity contribution in [3.8, 4) is 0 Å². The van der Waals surface area contributed by atoms with Crippen molar-refractivity contribution >= 4 is 17.4 Å². The number of carbonyl (C=O) groups excluding carboxylic acids is 2. The van der Waals surface area contributed by atoms with Gasteiger partial charge in [0.05, 0.1) is 18.7 Å². The van der Waals surface area contributed by atoms with Crippen LogP contribution in [0.25, 0.3) is 5.57 Å². The van der Waals surface area contributed by atoms with E-state index in [0.29, 0.717) is 12.1 Å². The van der Waals surface area contributed by atoms with E-state index in [1.807, 2.05) is 50.1 Å². The van der Waals surface area contributed by atoms with E-state index in [2.05, 4.69) is 10.7 Å². The molecule has 1 aromatic carbocycles. The van der Waals surface area contributed by atoms with E-state index in [4.69, 9.17) is 0 Å². The topological polar surface area (TPSA) is 81.7 Å². The van der Waals surface area contributed by atoms with Gasteiger partial charge in [0.25, 0.3) is 5.91 Å². The van der Waals surface area contributed by atoms with E-state index in [1.165, 1.54) is 5.01 Å². The molecular formula is C18H21N3O3. The Morgan fingerprint density at radius 3 is 2.62 bits per heavy atom. The number of hydrogen-bond donors (Lipinski definition) is 3. The lowest BCUT2D eigenvalue weighted by molar-refractivity contribution is -0.130. The number of nitrogens with one attached hydrogen (secondary N) is 2. The fraction of sp³-hybridized carbons (Fsp3) is 0.278. The highest BCUT2D eigenvalue weighted by molar-refractivity contribution is 6.10. The second-order valence-electron chi connectivity index (χ2n) is 5.26. The summed E-state index contributed by atoms with van der Waals surface area (Å²) in [7, 11) is 0. The van der Waals surface area contributed by atoms with Crippen LogP contribution >= 0.6 is 0 Å². The molecule has 2 rings (SSSR count). The second kappa shape index (κ2) is 8.26. The lowest BCUT2D eigenvalue weighted by Gasteiger charge is -2.27. The van der Waals surface area contributed by atoms with Crippen LogP contribution in [0.3, 0.4) is 0 Å². The van der Waals surface area contributed by atoms with Crippen molar-refractivity contribution in [2.24, 2.45) is 0 Å². The van der Waals surface area contributed by atoms with Crippen LogP contribution in [-0.2, 0) is 9.59 Å². The Balaban J connectivity index is 2.62. The Hall–Kier alpha value is -2.66. The molecule has 0 unspecified atom stereocenters. The first kappa shape index (κ1) is 17.7. The van der Waals surface area contributed by atoms with Gasteiger partial charge in [-0.2, -0.15) is 0 Å². The molecule has 1 aliphatic heterocycles. The zero-order valence-corrected chi connectivity index (χ0v) is 13.8.